The summed E-state index contributed by atoms with van der Waals surface area (Å²) < 4.78 is 20.7. The number of hydrogen-bond donors (Lipinski definition) is 1. The third kappa shape index (κ3) is 20.6. The molecule has 1 aliphatic heterocycles. The van der Waals surface area contributed by atoms with Crippen molar-refractivity contribution in [2.45, 2.75) is 74.7 Å². The molecule has 5 heteroatoms. The van der Waals surface area contributed by atoms with E-state index in [1.54, 1.807) is 0 Å². The zero-order valence-corrected chi connectivity index (χ0v) is 12.8. The van der Waals surface area contributed by atoms with Gasteiger partial charge in [0.05, 0.1) is 19.5 Å². The molecular formula is C14H38NO3P. The van der Waals surface area contributed by atoms with Crippen LogP contribution in [0, 0.1) is 0 Å². The van der Waals surface area contributed by atoms with Crippen LogP contribution in [-0.2, 0) is 13.6 Å². The van der Waals surface area contributed by atoms with Gasteiger partial charge < -0.3 is 14.8 Å². The summed E-state index contributed by atoms with van der Waals surface area (Å²) >= 11 is 0. The van der Waals surface area contributed by atoms with Crippen molar-refractivity contribution in [2.75, 3.05) is 19.5 Å². The normalized spacial score (nSPS) is 15.4. The first kappa shape index (κ1) is 27.5. The first-order valence-corrected chi connectivity index (χ1v) is 8.41. The average Bonchev–Trinajstić information content (AvgIpc) is 2.40. The molecule has 4 nitrogen and oxygen atoms in total. The molecule has 0 atom stereocenters. The van der Waals surface area contributed by atoms with Crippen molar-refractivity contribution in [2.24, 2.45) is 5.73 Å². The Bertz CT molecular complexity index is 172. The van der Waals surface area contributed by atoms with Crippen molar-refractivity contribution in [3.63, 3.8) is 0 Å². The van der Waals surface area contributed by atoms with Gasteiger partial charge in [-0.3, -0.25) is 4.57 Å². The standard InChI is InChI=1S/C4H10NO3P.2C4H10.2CH4/c5-4-9(6)7-2-1-3-8-9;2*1-3-4-2;;/h1-5H2;2*3-4H2,1-2H3;2*1H4. The van der Waals surface area contributed by atoms with Gasteiger partial charge in [0, 0.05) is 0 Å². The fourth-order valence-electron chi connectivity index (χ4n) is 0.609. The minimum Gasteiger partial charge on any atom is -0.320 e. The maximum Gasteiger partial charge on any atom is 0.344 e. The van der Waals surface area contributed by atoms with Gasteiger partial charge in [0.2, 0.25) is 0 Å². The van der Waals surface area contributed by atoms with Crippen molar-refractivity contribution in [1.29, 1.82) is 0 Å². The zero-order valence-electron chi connectivity index (χ0n) is 11.9. The Morgan fingerprint density at radius 3 is 1.37 bits per heavy atom. The Morgan fingerprint density at radius 1 is 0.895 bits per heavy atom. The van der Waals surface area contributed by atoms with E-state index in [0.717, 1.165) is 6.42 Å². The summed E-state index contributed by atoms with van der Waals surface area (Å²) in [6.45, 7) is 9.74. The number of rotatable bonds is 3. The van der Waals surface area contributed by atoms with Gasteiger partial charge in [0.1, 0.15) is 0 Å². The molecule has 1 heterocycles. The van der Waals surface area contributed by atoms with Crippen molar-refractivity contribution in [3.05, 3.63) is 0 Å². The molecule has 0 saturated carbocycles. The quantitative estimate of drug-likeness (QED) is 0.707. The van der Waals surface area contributed by atoms with E-state index in [1.807, 2.05) is 0 Å². The van der Waals surface area contributed by atoms with Crippen LogP contribution in [0.15, 0.2) is 0 Å². The minimum atomic E-state index is -2.82. The molecule has 0 spiro atoms. The highest BCUT2D eigenvalue weighted by Crippen LogP contribution is 2.48. The molecule has 0 aromatic rings. The lowest BCUT2D eigenvalue weighted by Crippen LogP contribution is -2.13. The number of unbranched alkanes of at least 4 members (excludes halogenated alkanes) is 2. The molecule has 1 fully saturated rings. The zero-order chi connectivity index (χ0) is 13.6. The molecule has 19 heavy (non-hydrogen) atoms. The highest BCUT2D eigenvalue weighted by molar-refractivity contribution is 7.53. The largest absolute Gasteiger partial charge is 0.344 e. The Kier molecular flexibility index (Phi) is 29.5. The summed E-state index contributed by atoms with van der Waals surface area (Å²) in [4.78, 5) is 0. The Balaban J connectivity index is -0.0000000975. The van der Waals surface area contributed by atoms with E-state index < -0.39 is 7.60 Å². The molecule has 1 rings (SSSR count). The molecule has 0 aromatic carbocycles. The van der Waals surface area contributed by atoms with Gasteiger partial charge in [0.25, 0.3) is 0 Å². The number of hydrogen-bond acceptors (Lipinski definition) is 4. The molecule has 0 amide bonds. The van der Waals surface area contributed by atoms with Crippen LogP contribution in [0.4, 0.5) is 0 Å². The van der Waals surface area contributed by atoms with Crippen LogP contribution in [0.1, 0.15) is 74.7 Å². The van der Waals surface area contributed by atoms with E-state index in [1.165, 1.54) is 25.7 Å². The van der Waals surface area contributed by atoms with Crippen LogP contribution < -0.4 is 5.73 Å². The SMILES string of the molecule is C.C.CCCC.CCCC.NCP1(=O)OCCCO1. The minimum absolute atomic E-state index is 0. The summed E-state index contributed by atoms with van der Waals surface area (Å²) in [6, 6.07) is 0. The van der Waals surface area contributed by atoms with Crippen molar-refractivity contribution >= 4 is 7.60 Å². The van der Waals surface area contributed by atoms with E-state index in [9.17, 15) is 4.57 Å². The van der Waals surface area contributed by atoms with Crippen LogP contribution in [0.3, 0.4) is 0 Å². The Labute approximate surface area is 122 Å². The topological polar surface area (TPSA) is 61.6 Å². The highest BCUT2D eigenvalue weighted by atomic mass is 31.2. The first-order chi connectivity index (χ1) is 8.10. The van der Waals surface area contributed by atoms with Gasteiger partial charge in [-0.05, 0) is 6.42 Å². The highest BCUT2D eigenvalue weighted by Gasteiger charge is 2.25. The predicted molar refractivity (Wildman–Crippen MR) is 87.8 cm³/mol. The van der Waals surface area contributed by atoms with Crippen LogP contribution >= 0.6 is 7.60 Å². The lowest BCUT2D eigenvalue weighted by Gasteiger charge is -2.20. The van der Waals surface area contributed by atoms with Gasteiger partial charge in [-0.1, -0.05) is 68.2 Å². The van der Waals surface area contributed by atoms with E-state index in [-0.39, 0.29) is 21.1 Å². The fourth-order valence-corrected chi connectivity index (χ4v) is 1.71. The van der Waals surface area contributed by atoms with Crippen molar-refractivity contribution in [3.8, 4) is 0 Å². The Morgan fingerprint density at radius 2 is 1.21 bits per heavy atom. The lowest BCUT2D eigenvalue weighted by molar-refractivity contribution is 0.147. The summed E-state index contributed by atoms with van der Waals surface area (Å²) in [5.74, 6) is 0. The molecule has 0 unspecified atom stereocenters. The molecule has 0 radical (unpaired) electrons. The second-order valence-corrected chi connectivity index (χ2v) is 5.92. The molecule has 0 aliphatic carbocycles. The summed E-state index contributed by atoms with van der Waals surface area (Å²) in [6.07, 6.45) is 6.08. The smallest absolute Gasteiger partial charge is 0.320 e. The first-order valence-electron chi connectivity index (χ1n) is 6.68. The third-order valence-electron chi connectivity index (χ3n) is 2.09. The van der Waals surface area contributed by atoms with Crippen LogP contribution in [-0.4, -0.2) is 19.5 Å². The third-order valence-corrected chi connectivity index (χ3v) is 3.69. The lowest BCUT2D eigenvalue weighted by atomic mass is 10.4. The van der Waals surface area contributed by atoms with E-state index in [2.05, 4.69) is 27.7 Å². The Hall–Kier alpha value is 0.110. The fraction of sp³-hybridized carbons (Fsp3) is 1.00. The van der Waals surface area contributed by atoms with Crippen molar-refractivity contribution < 1.29 is 13.6 Å². The van der Waals surface area contributed by atoms with Gasteiger partial charge in [-0.2, -0.15) is 0 Å². The molecule has 1 aliphatic rings. The van der Waals surface area contributed by atoms with Gasteiger partial charge in [-0.15, -0.1) is 0 Å². The molecule has 2 N–H and O–H groups in total. The summed E-state index contributed by atoms with van der Waals surface area (Å²) in [5.41, 5.74) is 5.12. The maximum atomic E-state index is 11.0. The van der Waals surface area contributed by atoms with Crippen LogP contribution in [0.2, 0.25) is 0 Å². The predicted octanol–water partition coefficient (Wildman–Crippen LogP) is 5.42. The second-order valence-electron chi connectivity index (χ2n) is 3.81. The van der Waals surface area contributed by atoms with E-state index >= 15 is 0 Å². The second kappa shape index (κ2) is 20.4. The van der Waals surface area contributed by atoms with Crippen LogP contribution in [0.5, 0.6) is 0 Å². The summed E-state index contributed by atoms with van der Waals surface area (Å²) in [7, 11) is -2.82. The van der Waals surface area contributed by atoms with Gasteiger partial charge in [0.15, 0.2) is 0 Å². The van der Waals surface area contributed by atoms with Crippen molar-refractivity contribution in [1.82, 2.24) is 0 Å². The molecule has 0 aromatic heterocycles. The molecular weight excluding hydrogens is 261 g/mol. The average molecular weight is 299 g/mol. The molecule has 0 bridgehead atoms. The van der Waals surface area contributed by atoms with Gasteiger partial charge in [-0.25, -0.2) is 0 Å². The van der Waals surface area contributed by atoms with Crippen LogP contribution in [0.25, 0.3) is 0 Å². The number of nitrogens with two attached hydrogens (primary N) is 1. The van der Waals surface area contributed by atoms with E-state index in [0.29, 0.717) is 13.2 Å². The molecule has 122 valence electrons. The maximum absolute atomic E-state index is 11.0. The molecule has 1 saturated heterocycles. The monoisotopic (exact) mass is 299 g/mol. The summed E-state index contributed by atoms with van der Waals surface area (Å²) in [5, 5.41) is 0. The van der Waals surface area contributed by atoms with Gasteiger partial charge >= 0.3 is 7.60 Å². The van der Waals surface area contributed by atoms with E-state index in [4.69, 9.17) is 14.8 Å².